The average molecular weight is 371 g/mol. The van der Waals surface area contributed by atoms with Gasteiger partial charge in [-0.25, -0.2) is 0 Å². The molecule has 0 aliphatic carbocycles. The van der Waals surface area contributed by atoms with Gasteiger partial charge in [0.1, 0.15) is 0 Å². The molecular formula is C22H42O4. The second kappa shape index (κ2) is 18.7. The maximum absolute atomic E-state index is 11.7. The first-order chi connectivity index (χ1) is 12.6. The van der Waals surface area contributed by atoms with Crippen LogP contribution >= 0.6 is 0 Å². The van der Waals surface area contributed by atoms with Crippen molar-refractivity contribution in [1.82, 2.24) is 0 Å². The monoisotopic (exact) mass is 370 g/mol. The van der Waals surface area contributed by atoms with Gasteiger partial charge in [0.15, 0.2) is 0 Å². The normalized spacial score (nSPS) is 10.9. The lowest BCUT2D eigenvalue weighted by Gasteiger charge is -2.13. The Labute approximate surface area is 161 Å². The molecule has 0 spiro atoms. The number of esters is 2. The van der Waals surface area contributed by atoms with Crippen molar-refractivity contribution in [2.45, 2.75) is 111 Å². The van der Waals surface area contributed by atoms with Gasteiger partial charge in [-0.1, -0.05) is 85.0 Å². The maximum atomic E-state index is 11.7. The highest BCUT2D eigenvalue weighted by atomic mass is 16.5. The van der Waals surface area contributed by atoms with E-state index in [1.54, 1.807) is 0 Å². The van der Waals surface area contributed by atoms with E-state index in [9.17, 15) is 9.59 Å². The van der Waals surface area contributed by atoms with E-state index < -0.39 is 0 Å². The predicted octanol–water partition coefficient (Wildman–Crippen LogP) is 6.21. The Kier molecular flexibility index (Phi) is 18.0. The van der Waals surface area contributed by atoms with Crippen molar-refractivity contribution in [3.05, 3.63) is 0 Å². The first-order valence-corrected chi connectivity index (χ1v) is 10.9. The molecule has 154 valence electrons. The van der Waals surface area contributed by atoms with Gasteiger partial charge in [0.2, 0.25) is 0 Å². The predicted molar refractivity (Wildman–Crippen MR) is 107 cm³/mol. The van der Waals surface area contributed by atoms with Crippen LogP contribution in [0.3, 0.4) is 0 Å². The second-order valence-electron chi connectivity index (χ2n) is 7.51. The molecule has 26 heavy (non-hydrogen) atoms. The summed E-state index contributed by atoms with van der Waals surface area (Å²) in [7, 11) is 0. The van der Waals surface area contributed by atoms with Gasteiger partial charge in [-0.2, -0.15) is 0 Å². The SMILES string of the molecule is CCCCCCCCC(=O)OCC(C)COC(=O)CCCCCCCC. The third-order valence-corrected chi connectivity index (χ3v) is 4.53. The molecule has 0 bridgehead atoms. The van der Waals surface area contributed by atoms with E-state index >= 15 is 0 Å². The first-order valence-electron chi connectivity index (χ1n) is 10.9. The highest BCUT2D eigenvalue weighted by Gasteiger charge is 2.10. The Morgan fingerprint density at radius 3 is 1.35 bits per heavy atom. The molecule has 0 aliphatic rings. The molecule has 0 aromatic rings. The van der Waals surface area contributed by atoms with Crippen molar-refractivity contribution in [1.29, 1.82) is 0 Å². The Morgan fingerprint density at radius 2 is 0.962 bits per heavy atom. The summed E-state index contributed by atoms with van der Waals surface area (Å²) in [5.74, 6) is -0.214. The average Bonchev–Trinajstić information content (AvgIpc) is 2.64. The molecule has 0 heterocycles. The number of carbonyl (C=O) groups is 2. The third kappa shape index (κ3) is 17.8. The van der Waals surface area contributed by atoms with Crippen molar-refractivity contribution >= 4 is 11.9 Å². The molecule has 0 unspecified atom stereocenters. The molecule has 0 rings (SSSR count). The molecule has 0 atom stereocenters. The zero-order valence-corrected chi connectivity index (χ0v) is 17.5. The standard InChI is InChI=1S/C22H42O4/c1-4-6-8-10-12-14-16-21(23)25-18-20(3)19-26-22(24)17-15-13-11-9-7-5-2/h20H,4-19H2,1-3H3. The van der Waals surface area contributed by atoms with E-state index in [0.717, 1.165) is 25.7 Å². The summed E-state index contributed by atoms with van der Waals surface area (Å²) in [6, 6.07) is 0. The van der Waals surface area contributed by atoms with Crippen LogP contribution in [0.15, 0.2) is 0 Å². The van der Waals surface area contributed by atoms with Crippen LogP contribution in [0.25, 0.3) is 0 Å². The van der Waals surface area contributed by atoms with E-state index in [0.29, 0.717) is 26.1 Å². The summed E-state index contributed by atoms with van der Waals surface area (Å²) in [5.41, 5.74) is 0. The first kappa shape index (κ1) is 24.9. The van der Waals surface area contributed by atoms with Crippen molar-refractivity contribution in [2.24, 2.45) is 5.92 Å². The number of carbonyl (C=O) groups excluding carboxylic acids is 2. The molecule has 0 fully saturated rings. The van der Waals surface area contributed by atoms with E-state index in [1.165, 1.54) is 51.4 Å². The topological polar surface area (TPSA) is 52.6 Å². The quantitative estimate of drug-likeness (QED) is 0.212. The molecule has 4 heteroatoms. The molecule has 0 aromatic carbocycles. The van der Waals surface area contributed by atoms with Gasteiger partial charge in [0.25, 0.3) is 0 Å². The fourth-order valence-electron chi connectivity index (χ4n) is 2.76. The van der Waals surface area contributed by atoms with Gasteiger partial charge in [0.05, 0.1) is 13.2 Å². The molecule has 0 amide bonds. The van der Waals surface area contributed by atoms with Crippen LogP contribution in [0.2, 0.25) is 0 Å². The molecular weight excluding hydrogens is 328 g/mol. The fourth-order valence-corrected chi connectivity index (χ4v) is 2.76. The van der Waals surface area contributed by atoms with Gasteiger partial charge in [-0.15, -0.1) is 0 Å². The zero-order valence-electron chi connectivity index (χ0n) is 17.5. The molecule has 4 nitrogen and oxygen atoms in total. The summed E-state index contributed by atoms with van der Waals surface area (Å²) in [4.78, 5) is 23.4. The molecule has 0 N–H and O–H groups in total. The summed E-state index contributed by atoms with van der Waals surface area (Å²) in [6.45, 7) is 7.00. The highest BCUT2D eigenvalue weighted by molar-refractivity contribution is 5.69. The van der Waals surface area contributed by atoms with Crippen molar-refractivity contribution in [3.8, 4) is 0 Å². The van der Waals surface area contributed by atoms with E-state index in [2.05, 4.69) is 13.8 Å². The minimum atomic E-state index is -0.134. The van der Waals surface area contributed by atoms with Gasteiger partial charge >= 0.3 is 11.9 Å². The summed E-state index contributed by atoms with van der Waals surface area (Å²) in [5, 5.41) is 0. The highest BCUT2D eigenvalue weighted by Crippen LogP contribution is 2.09. The van der Waals surface area contributed by atoms with Gasteiger partial charge in [-0.05, 0) is 12.8 Å². The molecule has 0 aliphatic heterocycles. The third-order valence-electron chi connectivity index (χ3n) is 4.53. The number of hydrogen-bond donors (Lipinski definition) is 0. The minimum Gasteiger partial charge on any atom is -0.465 e. The number of rotatable bonds is 18. The van der Waals surface area contributed by atoms with E-state index in [1.807, 2.05) is 6.92 Å². The maximum Gasteiger partial charge on any atom is 0.305 e. The lowest BCUT2D eigenvalue weighted by molar-refractivity contribution is -0.148. The zero-order chi connectivity index (χ0) is 19.5. The Morgan fingerprint density at radius 1 is 0.615 bits per heavy atom. The largest absolute Gasteiger partial charge is 0.465 e. The van der Waals surface area contributed by atoms with Crippen LogP contribution in [-0.2, 0) is 19.1 Å². The summed E-state index contributed by atoms with van der Waals surface area (Å²) < 4.78 is 10.5. The van der Waals surface area contributed by atoms with Crippen LogP contribution < -0.4 is 0 Å². The molecule has 0 aromatic heterocycles. The molecule has 0 radical (unpaired) electrons. The van der Waals surface area contributed by atoms with Crippen LogP contribution in [-0.4, -0.2) is 25.2 Å². The van der Waals surface area contributed by atoms with Crippen LogP contribution in [0.1, 0.15) is 111 Å². The Hall–Kier alpha value is -1.06. The smallest absolute Gasteiger partial charge is 0.305 e. The summed E-state index contributed by atoms with van der Waals surface area (Å²) in [6.07, 6.45) is 15.0. The van der Waals surface area contributed by atoms with Crippen LogP contribution in [0.4, 0.5) is 0 Å². The number of unbranched alkanes of at least 4 members (excludes halogenated alkanes) is 10. The molecule has 0 saturated carbocycles. The van der Waals surface area contributed by atoms with Crippen LogP contribution in [0.5, 0.6) is 0 Å². The fraction of sp³-hybridized carbons (Fsp3) is 0.909. The van der Waals surface area contributed by atoms with E-state index in [4.69, 9.17) is 9.47 Å². The van der Waals surface area contributed by atoms with E-state index in [-0.39, 0.29) is 17.9 Å². The van der Waals surface area contributed by atoms with Crippen LogP contribution in [0, 0.1) is 5.92 Å². The Balaban J connectivity index is 3.50. The number of hydrogen-bond acceptors (Lipinski definition) is 4. The van der Waals surface area contributed by atoms with Crippen molar-refractivity contribution in [3.63, 3.8) is 0 Å². The lowest BCUT2D eigenvalue weighted by Crippen LogP contribution is -2.18. The van der Waals surface area contributed by atoms with Crippen molar-refractivity contribution < 1.29 is 19.1 Å². The number of ether oxygens (including phenoxy) is 2. The second-order valence-corrected chi connectivity index (χ2v) is 7.51. The van der Waals surface area contributed by atoms with Gasteiger partial charge < -0.3 is 9.47 Å². The van der Waals surface area contributed by atoms with Gasteiger partial charge in [0, 0.05) is 18.8 Å². The molecule has 0 saturated heterocycles. The van der Waals surface area contributed by atoms with Gasteiger partial charge in [-0.3, -0.25) is 9.59 Å². The van der Waals surface area contributed by atoms with Crippen molar-refractivity contribution in [2.75, 3.05) is 13.2 Å². The Bertz CT molecular complexity index is 309. The lowest BCUT2D eigenvalue weighted by atomic mass is 10.1. The minimum absolute atomic E-state index is 0.0528. The summed E-state index contributed by atoms with van der Waals surface area (Å²) >= 11 is 0.